The molecule has 2 aliphatic rings. The molecule has 1 aromatic heterocycles. The van der Waals surface area contributed by atoms with Crippen LogP contribution in [0.4, 0.5) is 0 Å². The zero-order chi connectivity index (χ0) is 7.26. The minimum atomic E-state index is 0.720. The Balaban J connectivity index is 1.81. The van der Waals surface area contributed by atoms with Crippen molar-refractivity contribution in [1.82, 2.24) is 15.4 Å². The molecule has 2 fully saturated rings. The van der Waals surface area contributed by atoms with Crippen molar-refractivity contribution in [2.75, 3.05) is 0 Å². The summed E-state index contributed by atoms with van der Waals surface area (Å²) >= 11 is 0. The molecule has 0 aromatic carbocycles. The first-order chi connectivity index (χ1) is 5.43. The lowest BCUT2D eigenvalue weighted by Gasteiger charge is -2.05. The normalized spacial score (nSPS) is 40.5. The van der Waals surface area contributed by atoms with Crippen molar-refractivity contribution in [3.05, 3.63) is 11.9 Å². The fourth-order valence-electron chi connectivity index (χ4n) is 2.36. The van der Waals surface area contributed by atoms with Crippen LogP contribution in [0.2, 0.25) is 0 Å². The Kier molecular flexibility index (Phi) is 0.962. The third-order valence-electron chi connectivity index (χ3n) is 3.10. The third kappa shape index (κ3) is 0.800. The molecule has 0 bridgehead atoms. The topological polar surface area (TPSA) is 41.6 Å². The number of aromatic amines is 1. The quantitative estimate of drug-likeness (QED) is 0.654. The molecule has 3 atom stereocenters. The fourth-order valence-corrected chi connectivity index (χ4v) is 2.36. The van der Waals surface area contributed by atoms with Gasteiger partial charge >= 0.3 is 0 Å². The average molecular weight is 149 g/mol. The van der Waals surface area contributed by atoms with Gasteiger partial charge in [0.25, 0.3) is 0 Å². The summed E-state index contributed by atoms with van der Waals surface area (Å²) in [5.74, 6) is 2.80. The predicted molar refractivity (Wildman–Crippen MR) is 40.0 cm³/mol. The first-order valence-electron chi connectivity index (χ1n) is 4.29. The van der Waals surface area contributed by atoms with Crippen molar-refractivity contribution in [2.45, 2.75) is 25.2 Å². The lowest BCUT2D eigenvalue weighted by molar-refractivity contribution is 0.606. The van der Waals surface area contributed by atoms with Crippen molar-refractivity contribution in [1.29, 1.82) is 0 Å². The van der Waals surface area contributed by atoms with Gasteiger partial charge in [0.05, 0.1) is 11.9 Å². The highest BCUT2D eigenvalue weighted by molar-refractivity contribution is 5.10. The minimum absolute atomic E-state index is 0.720. The van der Waals surface area contributed by atoms with Gasteiger partial charge in [-0.25, -0.2) is 0 Å². The number of rotatable bonds is 1. The van der Waals surface area contributed by atoms with Gasteiger partial charge in [0, 0.05) is 5.92 Å². The molecule has 11 heavy (non-hydrogen) atoms. The van der Waals surface area contributed by atoms with Gasteiger partial charge in [0.1, 0.15) is 0 Å². The molecule has 2 aliphatic carbocycles. The van der Waals surface area contributed by atoms with Crippen LogP contribution in [0.5, 0.6) is 0 Å². The summed E-state index contributed by atoms with van der Waals surface area (Å²) in [6, 6.07) is 0. The van der Waals surface area contributed by atoms with Crippen molar-refractivity contribution in [3.63, 3.8) is 0 Å². The molecule has 1 aromatic rings. The molecular formula is C8H11N3. The van der Waals surface area contributed by atoms with Gasteiger partial charge in [-0.2, -0.15) is 15.4 Å². The van der Waals surface area contributed by atoms with Crippen molar-refractivity contribution >= 4 is 0 Å². The fraction of sp³-hybridized carbons (Fsp3) is 0.750. The summed E-state index contributed by atoms with van der Waals surface area (Å²) in [6.45, 7) is 0. The monoisotopic (exact) mass is 149 g/mol. The third-order valence-corrected chi connectivity index (χ3v) is 3.10. The van der Waals surface area contributed by atoms with Crippen LogP contribution >= 0.6 is 0 Å². The van der Waals surface area contributed by atoms with E-state index in [1.807, 2.05) is 6.20 Å². The van der Waals surface area contributed by atoms with Crippen LogP contribution in [0, 0.1) is 11.8 Å². The zero-order valence-corrected chi connectivity index (χ0v) is 6.33. The zero-order valence-electron chi connectivity index (χ0n) is 6.33. The van der Waals surface area contributed by atoms with Gasteiger partial charge in [-0.05, 0) is 31.1 Å². The molecule has 0 aliphatic heterocycles. The van der Waals surface area contributed by atoms with E-state index < -0.39 is 0 Å². The van der Waals surface area contributed by atoms with Crippen molar-refractivity contribution in [2.24, 2.45) is 11.8 Å². The van der Waals surface area contributed by atoms with Crippen LogP contribution in [-0.2, 0) is 0 Å². The van der Waals surface area contributed by atoms with Crippen LogP contribution in [0.1, 0.15) is 30.9 Å². The Bertz CT molecular complexity index is 244. The Morgan fingerprint density at radius 1 is 1.27 bits per heavy atom. The van der Waals surface area contributed by atoms with E-state index in [-0.39, 0.29) is 0 Å². The second kappa shape index (κ2) is 1.84. The molecule has 2 saturated carbocycles. The lowest BCUT2D eigenvalue weighted by Crippen LogP contribution is -1.95. The first-order valence-corrected chi connectivity index (χ1v) is 4.29. The molecule has 1 heterocycles. The molecule has 3 rings (SSSR count). The Hall–Kier alpha value is -0.860. The maximum absolute atomic E-state index is 4.12. The van der Waals surface area contributed by atoms with Crippen molar-refractivity contribution in [3.8, 4) is 0 Å². The van der Waals surface area contributed by atoms with E-state index in [0.29, 0.717) is 0 Å². The lowest BCUT2D eigenvalue weighted by atomic mass is 10.0. The van der Waals surface area contributed by atoms with Crippen LogP contribution in [0.3, 0.4) is 0 Å². The van der Waals surface area contributed by atoms with Crippen molar-refractivity contribution < 1.29 is 0 Å². The van der Waals surface area contributed by atoms with Gasteiger partial charge in [-0.15, -0.1) is 0 Å². The number of hydrogen-bond acceptors (Lipinski definition) is 2. The van der Waals surface area contributed by atoms with Gasteiger partial charge in [-0.1, -0.05) is 0 Å². The summed E-state index contributed by atoms with van der Waals surface area (Å²) in [5, 5.41) is 10.6. The summed E-state index contributed by atoms with van der Waals surface area (Å²) < 4.78 is 0. The second-order valence-electron chi connectivity index (χ2n) is 3.82. The van der Waals surface area contributed by atoms with E-state index in [0.717, 1.165) is 17.8 Å². The smallest absolute Gasteiger partial charge is 0.0855 e. The highest BCUT2D eigenvalue weighted by atomic mass is 15.3. The molecular weight excluding hydrogens is 138 g/mol. The van der Waals surface area contributed by atoms with E-state index in [2.05, 4.69) is 15.4 Å². The highest BCUT2D eigenvalue weighted by Crippen LogP contribution is 2.56. The molecule has 3 heteroatoms. The standard InChI is InChI=1S/C8H11N3/c1-5-2-7(3-6(1)5)8-4-9-11-10-8/h4-7H,1-3H2,(H,9,10,11)/t5-,6+,7?. The summed E-state index contributed by atoms with van der Waals surface area (Å²) in [6.07, 6.45) is 6.07. The Labute approximate surface area is 65.2 Å². The summed E-state index contributed by atoms with van der Waals surface area (Å²) in [5.41, 5.74) is 1.18. The largest absolute Gasteiger partial charge is 0.198 e. The van der Waals surface area contributed by atoms with Gasteiger partial charge in [-0.3, -0.25) is 0 Å². The Morgan fingerprint density at radius 2 is 2.09 bits per heavy atom. The molecule has 0 radical (unpaired) electrons. The van der Waals surface area contributed by atoms with Gasteiger partial charge in [0.15, 0.2) is 0 Å². The van der Waals surface area contributed by atoms with E-state index in [9.17, 15) is 0 Å². The summed E-state index contributed by atoms with van der Waals surface area (Å²) in [4.78, 5) is 0. The van der Waals surface area contributed by atoms with Crippen LogP contribution in [0.25, 0.3) is 0 Å². The maximum atomic E-state index is 4.12. The van der Waals surface area contributed by atoms with Gasteiger partial charge in [0.2, 0.25) is 0 Å². The van der Waals surface area contributed by atoms with E-state index in [1.165, 1.54) is 25.0 Å². The minimum Gasteiger partial charge on any atom is -0.198 e. The molecule has 0 saturated heterocycles. The first kappa shape index (κ1) is 5.75. The van der Waals surface area contributed by atoms with E-state index >= 15 is 0 Å². The molecule has 58 valence electrons. The highest BCUT2D eigenvalue weighted by Gasteiger charge is 2.46. The van der Waals surface area contributed by atoms with Crippen LogP contribution in [0.15, 0.2) is 6.20 Å². The SMILES string of the molecule is c1n[nH]nc1C1C[C@@H]2C[C@@H]2C1. The maximum Gasteiger partial charge on any atom is 0.0855 e. The predicted octanol–water partition coefficient (Wildman–Crippen LogP) is 1.32. The number of aromatic nitrogens is 3. The van der Waals surface area contributed by atoms with E-state index in [4.69, 9.17) is 0 Å². The number of hydrogen-bond donors (Lipinski definition) is 1. The second-order valence-corrected chi connectivity index (χ2v) is 3.82. The molecule has 0 amide bonds. The number of H-pyrrole nitrogens is 1. The Morgan fingerprint density at radius 3 is 2.73 bits per heavy atom. The van der Waals surface area contributed by atoms with Gasteiger partial charge < -0.3 is 0 Å². The van der Waals surface area contributed by atoms with E-state index in [1.54, 1.807) is 0 Å². The summed E-state index contributed by atoms with van der Waals surface area (Å²) in [7, 11) is 0. The van der Waals surface area contributed by atoms with Crippen LogP contribution < -0.4 is 0 Å². The molecule has 3 nitrogen and oxygen atoms in total. The molecule has 1 unspecified atom stereocenters. The number of fused-ring (bicyclic) bond motifs is 1. The number of nitrogens with zero attached hydrogens (tertiary/aromatic N) is 2. The number of nitrogens with one attached hydrogen (secondary N) is 1. The van der Waals surface area contributed by atoms with Crippen LogP contribution in [-0.4, -0.2) is 15.4 Å². The average Bonchev–Trinajstić information content (AvgIpc) is 2.60. The molecule has 1 N–H and O–H groups in total. The molecule has 0 spiro atoms.